The van der Waals surface area contributed by atoms with Gasteiger partial charge in [0.25, 0.3) is 0 Å². The van der Waals surface area contributed by atoms with Crippen LogP contribution >= 0.6 is 11.3 Å². The van der Waals surface area contributed by atoms with Gasteiger partial charge < -0.3 is 10.0 Å². The largest absolute Gasteiger partial charge is 0.392 e. The quantitative estimate of drug-likeness (QED) is 0.917. The highest BCUT2D eigenvalue weighted by Gasteiger charge is 2.26. The maximum atomic E-state index is 12.4. The van der Waals surface area contributed by atoms with Crippen LogP contribution in [0.5, 0.6) is 0 Å². The summed E-state index contributed by atoms with van der Waals surface area (Å²) in [4.78, 5) is 18.7. The molecule has 1 aromatic carbocycles. The van der Waals surface area contributed by atoms with Crippen LogP contribution < -0.4 is 0 Å². The molecule has 1 aliphatic rings. The van der Waals surface area contributed by atoms with Gasteiger partial charge in [-0.15, -0.1) is 11.3 Å². The number of aryl methyl sites for hydroxylation is 1. The van der Waals surface area contributed by atoms with E-state index in [4.69, 9.17) is 5.11 Å². The number of amides is 1. The van der Waals surface area contributed by atoms with Gasteiger partial charge in [-0.25, -0.2) is 4.98 Å². The Balaban J connectivity index is 1.52. The summed E-state index contributed by atoms with van der Waals surface area (Å²) in [7, 11) is 0. The number of rotatable bonds is 5. The highest BCUT2D eigenvalue weighted by molar-refractivity contribution is 7.09. The zero-order valence-corrected chi connectivity index (χ0v) is 14.2. The van der Waals surface area contributed by atoms with E-state index in [1.807, 2.05) is 29.3 Å². The molecule has 23 heavy (non-hydrogen) atoms. The Morgan fingerprint density at radius 1 is 1.35 bits per heavy atom. The molecular formula is C18H22N2O2S. The fourth-order valence-electron chi connectivity index (χ4n) is 3.10. The minimum Gasteiger partial charge on any atom is -0.392 e. The molecule has 1 aromatic heterocycles. The Hall–Kier alpha value is -1.72. The van der Waals surface area contributed by atoms with Gasteiger partial charge in [0.2, 0.25) is 5.91 Å². The monoisotopic (exact) mass is 330 g/mol. The van der Waals surface area contributed by atoms with E-state index in [0.29, 0.717) is 12.3 Å². The van der Waals surface area contributed by atoms with Gasteiger partial charge >= 0.3 is 0 Å². The molecule has 0 saturated carbocycles. The van der Waals surface area contributed by atoms with Crippen LogP contribution in [0.1, 0.15) is 28.2 Å². The smallest absolute Gasteiger partial charge is 0.228 e. The van der Waals surface area contributed by atoms with E-state index in [-0.39, 0.29) is 12.5 Å². The van der Waals surface area contributed by atoms with E-state index in [0.717, 1.165) is 42.2 Å². The van der Waals surface area contributed by atoms with Crippen LogP contribution in [0.15, 0.2) is 29.6 Å². The number of aromatic nitrogens is 1. The van der Waals surface area contributed by atoms with E-state index in [1.165, 1.54) is 5.56 Å². The molecule has 1 saturated heterocycles. The predicted octanol–water partition coefficient (Wildman–Crippen LogP) is 2.58. The number of nitrogens with zero attached hydrogens (tertiary/aromatic N) is 2. The number of hydrogen-bond donors (Lipinski definition) is 1. The van der Waals surface area contributed by atoms with Gasteiger partial charge in [-0.05, 0) is 36.8 Å². The minimum absolute atomic E-state index is 0.0854. The predicted molar refractivity (Wildman–Crippen MR) is 91.3 cm³/mol. The summed E-state index contributed by atoms with van der Waals surface area (Å²) >= 11 is 1.59. The Labute approximate surface area is 140 Å². The molecule has 1 aliphatic heterocycles. The van der Waals surface area contributed by atoms with Crippen LogP contribution in [-0.2, 0) is 24.2 Å². The summed E-state index contributed by atoms with van der Waals surface area (Å²) in [6.07, 6.45) is 2.47. The maximum Gasteiger partial charge on any atom is 0.228 e. The number of hydrogen-bond acceptors (Lipinski definition) is 4. The highest BCUT2D eigenvalue weighted by atomic mass is 32.1. The summed E-state index contributed by atoms with van der Waals surface area (Å²) in [5.74, 6) is 0.713. The number of thiazole rings is 1. The third-order valence-corrected chi connectivity index (χ3v) is 5.19. The summed E-state index contributed by atoms with van der Waals surface area (Å²) in [5.41, 5.74) is 3.10. The Morgan fingerprint density at radius 2 is 2.09 bits per heavy atom. The lowest BCUT2D eigenvalue weighted by Gasteiger charge is -2.16. The number of carbonyl (C=O) groups excluding carboxylic acids is 1. The molecule has 1 atom stereocenters. The molecule has 122 valence electrons. The van der Waals surface area contributed by atoms with Gasteiger partial charge in [-0.2, -0.15) is 0 Å². The standard InChI is InChI=1S/C18H22N2O2S/c1-13-19-17(12-23-13)9-18(22)20-7-6-16(10-20)8-14-2-4-15(11-21)5-3-14/h2-5,12,16,21H,6-11H2,1H3/t16-/m1/s1. The second-order valence-electron chi connectivity index (χ2n) is 6.21. The molecule has 1 fully saturated rings. The van der Waals surface area contributed by atoms with E-state index in [1.54, 1.807) is 11.3 Å². The number of likely N-dealkylation sites (tertiary alicyclic amines) is 1. The lowest BCUT2D eigenvalue weighted by Crippen LogP contribution is -2.30. The molecule has 0 bridgehead atoms. The molecule has 2 heterocycles. The van der Waals surface area contributed by atoms with Gasteiger partial charge in [0.15, 0.2) is 0 Å². The van der Waals surface area contributed by atoms with Gasteiger partial charge in [-0.3, -0.25) is 4.79 Å². The molecule has 2 aromatic rings. The van der Waals surface area contributed by atoms with Crippen molar-refractivity contribution in [2.24, 2.45) is 5.92 Å². The van der Waals surface area contributed by atoms with Gasteiger partial charge in [0.1, 0.15) is 0 Å². The average Bonchev–Trinajstić information content (AvgIpc) is 3.17. The Kier molecular flexibility index (Phi) is 5.08. The zero-order chi connectivity index (χ0) is 16.2. The molecule has 0 aliphatic carbocycles. The first-order valence-corrected chi connectivity index (χ1v) is 8.89. The zero-order valence-electron chi connectivity index (χ0n) is 13.4. The molecule has 1 amide bonds. The topological polar surface area (TPSA) is 53.4 Å². The normalized spacial score (nSPS) is 17.7. The summed E-state index contributed by atoms with van der Waals surface area (Å²) < 4.78 is 0. The second-order valence-corrected chi connectivity index (χ2v) is 7.27. The minimum atomic E-state index is 0.0854. The molecule has 1 N–H and O–H groups in total. The average molecular weight is 330 g/mol. The third kappa shape index (κ3) is 4.18. The summed E-state index contributed by atoms with van der Waals surface area (Å²) in [5, 5.41) is 12.1. The van der Waals surface area contributed by atoms with Crippen molar-refractivity contribution < 1.29 is 9.90 Å². The van der Waals surface area contributed by atoms with Gasteiger partial charge in [0, 0.05) is 18.5 Å². The third-order valence-electron chi connectivity index (χ3n) is 4.37. The lowest BCUT2D eigenvalue weighted by atomic mass is 9.98. The summed E-state index contributed by atoms with van der Waals surface area (Å²) in [6, 6.07) is 8.09. The fraction of sp³-hybridized carbons (Fsp3) is 0.444. The van der Waals surface area contributed by atoms with Gasteiger partial charge in [0.05, 0.1) is 23.7 Å². The fourth-order valence-corrected chi connectivity index (χ4v) is 3.71. The first-order chi connectivity index (χ1) is 11.1. The lowest BCUT2D eigenvalue weighted by molar-refractivity contribution is -0.129. The number of aliphatic hydroxyl groups is 1. The Morgan fingerprint density at radius 3 is 2.74 bits per heavy atom. The van der Waals surface area contributed by atoms with Crippen LogP contribution in [0.25, 0.3) is 0 Å². The van der Waals surface area contributed by atoms with Crippen molar-refractivity contribution in [1.29, 1.82) is 0 Å². The van der Waals surface area contributed by atoms with E-state index in [9.17, 15) is 4.79 Å². The van der Waals surface area contributed by atoms with E-state index in [2.05, 4.69) is 17.1 Å². The maximum absolute atomic E-state index is 12.4. The molecule has 0 spiro atoms. The van der Waals surface area contributed by atoms with Crippen LogP contribution in [0, 0.1) is 12.8 Å². The van der Waals surface area contributed by atoms with Crippen LogP contribution in [0.4, 0.5) is 0 Å². The highest BCUT2D eigenvalue weighted by Crippen LogP contribution is 2.22. The molecule has 4 nitrogen and oxygen atoms in total. The number of aliphatic hydroxyl groups excluding tert-OH is 1. The molecule has 3 rings (SSSR count). The van der Waals surface area contributed by atoms with Crippen molar-refractivity contribution in [1.82, 2.24) is 9.88 Å². The first kappa shape index (κ1) is 16.1. The van der Waals surface area contributed by atoms with Gasteiger partial charge in [-0.1, -0.05) is 24.3 Å². The van der Waals surface area contributed by atoms with Crippen molar-refractivity contribution in [2.45, 2.75) is 32.8 Å². The van der Waals surface area contributed by atoms with Crippen LogP contribution in [0.2, 0.25) is 0 Å². The molecular weight excluding hydrogens is 308 g/mol. The van der Waals surface area contributed by atoms with Crippen LogP contribution in [-0.4, -0.2) is 34.0 Å². The molecule has 5 heteroatoms. The number of carbonyl (C=O) groups is 1. The second kappa shape index (κ2) is 7.23. The molecule has 0 unspecified atom stereocenters. The van der Waals surface area contributed by atoms with Crippen molar-refractivity contribution in [3.05, 3.63) is 51.5 Å². The van der Waals surface area contributed by atoms with E-state index >= 15 is 0 Å². The van der Waals surface area contributed by atoms with Crippen molar-refractivity contribution in [3.63, 3.8) is 0 Å². The van der Waals surface area contributed by atoms with Crippen LogP contribution in [0.3, 0.4) is 0 Å². The van der Waals surface area contributed by atoms with Crippen molar-refractivity contribution in [2.75, 3.05) is 13.1 Å². The van der Waals surface area contributed by atoms with Crippen molar-refractivity contribution >= 4 is 17.2 Å². The number of benzene rings is 1. The molecule has 0 radical (unpaired) electrons. The SMILES string of the molecule is Cc1nc(CC(=O)N2CC[C@H](Cc3ccc(CO)cc3)C2)cs1. The van der Waals surface area contributed by atoms with Crippen molar-refractivity contribution in [3.8, 4) is 0 Å². The first-order valence-electron chi connectivity index (χ1n) is 8.01. The summed E-state index contributed by atoms with van der Waals surface area (Å²) in [6.45, 7) is 3.74. The Bertz CT molecular complexity index is 666. The van der Waals surface area contributed by atoms with E-state index < -0.39 is 0 Å².